The molecule has 0 bridgehead atoms. The minimum atomic E-state index is 0.483. The first-order valence-corrected chi connectivity index (χ1v) is 7.81. The molecule has 2 aromatic rings. The summed E-state index contributed by atoms with van der Waals surface area (Å²) in [5, 5.41) is 9.66. The predicted octanol–water partition coefficient (Wildman–Crippen LogP) is 5.54. The Labute approximate surface area is 144 Å². The summed E-state index contributed by atoms with van der Waals surface area (Å²) >= 11 is 18.0. The van der Waals surface area contributed by atoms with Crippen LogP contribution in [0.2, 0.25) is 10.0 Å². The van der Waals surface area contributed by atoms with Crippen LogP contribution < -0.4 is 5.73 Å². The van der Waals surface area contributed by atoms with Crippen molar-refractivity contribution in [3.63, 3.8) is 0 Å². The molecule has 2 aromatic carbocycles. The third-order valence-corrected chi connectivity index (χ3v) is 3.94. The minimum Gasteiger partial charge on any atom is -0.326 e. The molecule has 0 unspecified atom stereocenters. The molecule has 6 heteroatoms. The zero-order chi connectivity index (χ0) is 15.1. The summed E-state index contributed by atoms with van der Waals surface area (Å²) in [6.45, 7) is 0.492. The van der Waals surface area contributed by atoms with Crippen molar-refractivity contribution in [1.29, 1.82) is 5.26 Å². The van der Waals surface area contributed by atoms with Crippen LogP contribution in [-0.4, -0.2) is 0 Å². The van der Waals surface area contributed by atoms with Crippen LogP contribution in [0.25, 0.3) is 0 Å². The second-order valence-corrected chi connectivity index (χ2v) is 6.32. The van der Waals surface area contributed by atoms with Crippen LogP contribution in [0, 0.1) is 11.3 Å². The number of hydrogen-bond donors (Lipinski definition) is 1. The van der Waals surface area contributed by atoms with Gasteiger partial charge in [0.1, 0.15) is 6.07 Å². The van der Waals surface area contributed by atoms with Crippen molar-refractivity contribution in [3.8, 4) is 6.07 Å². The Balaban J connectivity index is 0.000000200. The molecule has 0 fully saturated rings. The van der Waals surface area contributed by atoms with Crippen LogP contribution in [0.5, 0.6) is 0 Å². The van der Waals surface area contributed by atoms with E-state index in [1.165, 1.54) is 0 Å². The fourth-order valence-corrected chi connectivity index (χ4v) is 2.73. The molecule has 0 aliphatic heterocycles. The maximum Gasteiger partial charge on any atom is 0.101 e. The molecule has 2 nitrogen and oxygen atoms in total. The molecule has 104 valence electrons. The van der Waals surface area contributed by atoms with Gasteiger partial charge in [-0.15, -0.1) is 0 Å². The lowest BCUT2D eigenvalue weighted by Crippen LogP contribution is -1.96. The van der Waals surface area contributed by atoms with Crippen molar-refractivity contribution in [2.24, 2.45) is 5.73 Å². The van der Waals surface area contributed by atoms with Crippen molar-refractivity contribution in [2.45, 2.75) is 6.54 Å². The van der Waals surface area contributed by atoms with E-state index < -0.39 is 0 Å². The van der Waals surface area contributed by atoms with Gasteiger partial charge in [-0.05, 0) is 35.9 Å². The van der Waals surface area contributed by atoms with E-state index in [0.717, 1.165) is 19.5 Å². The van der Waals surface area contributed by atoms with Gasteiger partial charge in [0, 0.05) is 20.5 Å². The molecule has 0 heterocycles. The van der Waals surface area contributed by atoms with Gasteiger partial charge in [0.15, 0.2) is 0 Å². The van der Waals surface area contributed by atoms with E-state index in [1.54, 1.807) is 18.2 Å². The molecule has 2 N–H and O–H groups in total. The molecular weight excluding hydrogens is 427 g/mol. The highest BCUT2D eigenvalue weighted by molar-refractivity contribution is 9.10. The first-order chi connectivity index (χ1) is 9.47. The lowest BCUT2D eigenvalue weighted by molar-refractivity contribution is 1.07. The normalized spacial score (nSPS) is 9.40. The average Bonchev–Trinajstić information content (AvgIpc) is 2.40. The Morgan fingerprint density at radius 2 is 1.55 bits per heavy atom. The van der Waals surface area contributed by atoms with E-state index in [9.17, 15) is 0 Å². The Kier molecular flexibility index (Phi) is 7.57. The highest BCUT2D eigenvalue weighted by atomic mass is 79.9. The SMILES string of the molecule is N#Cc1ccc(Br)cc1Cl.NCc1ccc(Br)cc1Cl. The molecule has 0 saturated carbocycles. The molecule has 0 spiro atoms. The van der Waals surface area contributed by atoms with E-state index in [0.29, 0.717) is 17.1 Å². The highest BCUT2D eigenvalue weighted by Crippen LogP contribution is 2.21. The second kappa shape index (κ2) is 8.66. The molecule has 0 aliphatic carbocycles. The summed E-state index contributed by atoms with van der Waals surface area (Å²) in [6, 6.07) is 12.8. The fraction of sp³-hybridized carbons (Fsp3) is 0.0714. The van der Waals surface area contributed by atoms with Crippen LogP contribution in [0.3, 0.4) is 0 Å². The molecule has 0 aromatic heterocycles. The first kappa shape index (κ1) is 17.5. The maximum absolute atomic E-state index is 8.46. The van der Waals surface area contributed by atoms with Crippen LogP contribution in [0.15, 0.2) is 45.3 Å². The van der Waals surface area contributed by atoms with Gasteiger partial charge < -0.3 is 5.73 Å². The molecule has 0 atom stereocenters. The molecule has 0 radical (unpaired) electrons. The molecule has 0 saturated heterocycles. The van der Waals surface area contributed by atoms with Crippen molar-refractivity contribution in [3.05, 3.63) is 66.5 Å². The van der Waals surface area contributed by atoms with Crippen LogP contribution in [0.4, 0.5) is 0 Å². The monoisotopic (exact) mass is 434 g/mol. The fourth-order valence-electron chi connectivity index (χ4n) is 1.27. The van der Waals surface area contributed by atoms with Gasteiger partial charge in [0.25, 0.3) is 0 Å². The lowest BCUT2D eigenvalue weighted by atomic mass is 10.2. The predicted molar refractivity (Wildman–Crippen MR) is 90.9 cm³/mol. The zero-order valence-corrected chi connectivity index (χ0v) is 14.9. The summed E-state index contributed by atoms with van der Waals surface area (Å²) in [6.07, 6.45) is 0. The van der Waals surface area contributed by atoms with E-state index in [4.69, 9.17) is 34.2 Å². The van der Waals surface area contributed by atoms with Gasteiger partial charge in [0.05, 0.1) is 10.6 Å². The lowest BCUT2D eigenvalue weighted by Gasteiger charge is -1.99. The van der Waals surface area contributed by atoms with E-state index in [2.05, 4.69) is 31.9 Å². The number of nitrogens with two attached hydrogens (primary N) is 1. The maximum atomic E-state index is 8.46. The first-order valence-electron chi connectivity index (χ1n) is 5.47. The van der Waals surface area contributed by atoms with Gasteiger partial charge in [-0.25, -0.2) is 0 Å². The highest BCUT2D eigenvalue weighted by Gasteiger charge is 1.97. The van der Waals surface area contributed by atoms with Crippen molar-refractivity contribution in [2.75, 3.05) is 0 Å². The van der Waals surface area contributed by atoms with E-state index in [1.807, 2.05) is 24.3 Å². The van der Waals surface area contributed by atoms with E-state index in [-0.39, 0.29) is 0 Å². The van der Waals surface area contributed by atoms with Crippen LogP contribution in [0.1, 0.15) is 11.1 Å². The molecule has 0 aliphatic rings. The van der Waals surface area contributed by atoms with Crippen LogP contribution in [-0.2, 0) is 6.54 Å². The molecule has 20 heavy (non-hydrogen) atoms. The van der Waals surface area contributed by atoms with Crippen molar-refractivity contribution < 1.29 is 0 Å². The number of halogens is 4. The molecule has 2 rings (SSSR count). The standard InChI is InChI=1S/C7H7BrClN.C7H3BrClN/c2*8-6-2-1-5(4-10)7(9)3-6/h1-3H,4,10H2;1-3H. The Morgan fingerprint density at radius 1 is 1.00 bits per heavy atom. The minimum absolute atomic E-state index is 0.483. The van der Waals surface area contributed by atoms with Gasteiger partial charge in [-0.3, -0.25) is 0 Å². The number of nitriles is 1. The third-order valence-electron chi connectivity index (χ3n) is 2.29. The summed E-state index contributed by atoms with van der Waals surface area (Å²) in [5.74, 6) is 0. The summed E-state index contributed by atoms with van der Waals surface area (Å²) in [4.78, 5) is 0. The second-order valence-electron chi connectivity index (χ2n) is 3.68. The van der Waals surface area contributed by atoms with Crippen molar-refractivity contribution >= 4 is 55.1 Å². The Hall–Kier alpha value is -0.570. The third kappa shape index (κ3) is 5.43. The topological polar surface area (TPSA) is 49.8 Å². The van der Waals surface area contributed by atoms with Gasteiger partial charge in [0.2, 0.25) is 0 Å². The molecular formula is C14H10Br2Cl2N2. The number of benzene rings is 2. The Morgan fingerprint density at radius 3 is 2.00 bits per heavy atom. The molecule has 0 amide bonds. The number of nitrogens with zero attached hydrogens (tertiary/aromatic N) is 1. The van der Waals surface area contributed by atoms with Gasteiger partial charge in [-0.1, -0.05) is 61.1 Å². The summed E-state index contributed by atoms with van der Waals surface area (Å²) in [5.41, 5.74) is 6.88. The van der Waals surface area contributed by atoms with E-state index >= 15 is 0 Å². The smallest absolute Gasteiger partial charge is 0.101 e. The Bertz CT molecular complexity index is 640. The average molecular weight is 437 g/mol. The van der Waals surface area contributed by atoms with Crippen LogP contribution >= 0.6 is 55.1 Å². The van der Waals surface area contributed by atoms with Crippen molar-refractivity contribution in [1.82, 2.24) is 0 Å². The number of rotatable bonds is 1. The zero-order valence-electron chi connectivity index (χ0n) is 10.2. The largest absolute Gasteiger partial charge is 0.326 e. The summed E-state index contributed by atoms with van der Waals surface area (Å²) in [7, 11) is 0. The number of hydrogen-bond acceptors (Lipinski definition) is 2. The quantitative estimate of drug-likeness (QED) is 0.638. The summed E-state index contributed by atoms with van der Waals surface area (Å²) < 4.78 is 1.87. The van der Waals surface area contributed by atoms with Gasteiger partial charge >= 0.3 is 0 Å². The van der Waals surface area contributed by atoms with Gasteiger partial charge in [-0.2, -0.15) is 5.26 Å².